The molecule has 4 heteroatoms. The molecule has 1 aromatic heterocycles. The van der Waals surface area contributed by atoms with Gasteiger partial charge in [-0.1, -0.05) is 0 Å². The van der Waals surface area contributed by atoms with Crippen LogP contribution < -0.4 is 0 Å². The number of aryl methyl sites for hydroxylation is 1. The van der Waals surface area contributed by atoms with E-state index in [1.807, 2.05) is 0 Å². The lowest BCUT2D eigenvalue weighted by Gasteiger charge is -2.32. The summed E-state index contributed by atoms with van der Waals surface area (Å²) in [4.78, 5) is 7.16. The van der Waals surface area contributed by atoms with Crippen LogP contribution in [0.25, 0.3) is 0 Å². The first-order chi connectivity index (χ1) is 8.65. The standard InChI is InChI=1S/C14H23N3O/c1-10-11(2)16(3)14(15-10)9-17-6-7-18-13(8-17)12-4-5-12/h12-13H,4-9H2,1-3H3/t13-/m1/s1. The Morgan fingerprint density at radius 3 is 2.72 bits per heavy atom. The molecule has 4 nitrogen and oxygen atoms in total. The smallest absolute Gasteiger partial charge is 0.123 e. The second-order valence-corrected chi connectivity index (χ2v) is 5.74. The molecule has 1 aliphatic carbocycles. The van der Waals surface area contributed by atoms with Crippen LogP contribution in [0.5, 0.6) is 0 Å². The topological polar surface area (TPSA) is 30.3 Å². The van der Waals surface area contributed by atoms with Gasteiger partial charge in [0, 0.05) is 25.8 Å². The quantitative estimate of drug-likeness (QED) is 0.816. The molecule has 0 amide bonds. The van der Waals surface area contributed by atoms with E-state index < -0.39 is 0 Å². The van der Waals surface area contributed by atoms with Crippen LogP contribution in [0, 0.1) is 19.8 Å². The summed E-state index contributed by atoms with van der Waals surface area (Å²) in [6.07, 6.45) is 3.19. The van der Waals surface area contributed by atoms with E-state index in [4.69, 9.17) is 4.74 Å². The van der Waals surface area contributed by atoms with E-state index in [1.165, 1.54) is 24.4 Å². The molecule has 0 spiro atoms. The molecule has 3 rings (SSSR count). The summed E-state index contributed by atoms with van der Waals surface area (Å²) in [7, 11) is 2.11. The number of imidazole rings is 1. The maximum absolute atomic E-state index is 5.86. The number of ether oxygens (including phenoxy) is 1. The third-order valence-electron chi connectivity index (χ3n) is 4.40. The maximum atomic E-state index is 5.86. The summed E-state index contributed by atoms with van der Waals surface area (Å²) in [5.74, 6) is 2.01. The molecule has 1 aliphatic heterocycles. The zero-order valence-corrected chi connectivity index (χ0v) is 11.6. The molecule has 2 fully saturated rings. The monoisotopic (exact) mass is 249 g/mol. The Hall–Kier alpha value is -0.870. The minimum atomic E-state index is 0.473. The van der Waals surface area contributed by atoms with Crippen molar-refractivity contribution in [3.05, 3.63) is 17.2 Å². The fourth-order valence-corrected chi connectivity index (χ4v) is 2.76. The first-order valence-electron chi connectivity index (χ1n) is 6.98. The Balaban J connectivity index is 1.66. The largest absolute Gasteiger partial charge is 0.375 e. The van der Waals surface area contributed by atoms with Crippen LogP contribution in [0.4, 0.5) is 0 Å². The zero-order valence-electron chi connectivity index (χ0n) is 11.6. The molecule has 18 heavy (non-hydrogen) atoms. The average Bonchev–Trinajstić information content (AvgIpc) is 3.17. The van der Waals surface area contributed by atoms with Gasteiger partial charge in [-0.25, -0.2) is 4.98 Å². The van der Waals surface area contributed by atoms with Gasteiger partial charge in [0.15, 0.2) is 0 Å². The van der Waals surface area contributed by atoms with Crippen molar-refractivity contribution in [1.29, 1.82) is 0 Å². The number of morpholine rings is 1. The van der Waals surface area contributed by atoms with Crippen LogP contribution in [0.2, 0.25) is 0 Å². The Labute approximate surface area is 109 Å². The molecule has 0 aromatic carbocycles. The van der Waals surface area contributed by atoms with Crippen molar-refractivity contribution in [3.63, 3.8) is 0 Å². The minimum absolute atomic E-state index is 0.473. The van der Waals surface area contributed by atoms with Crippen LogP contribution >= 0.6 is 0 Å². The Kier molecular flexibility index (Phi) is 3.16. The summed E-state index contributed by atoms with van der Waals surface area (Å²) in [5.41, 5.74) is 2.43. The van der Waals surface area contributed by atoms with Crippen molar-refractivity contribution in [2.24, 2.45) is 13.0 Å². The van der Waals surface area contributed by atoms with E-state index in [9.17, 15) is 0 Å². The normalized spacial score (nSPS) is 25.6. The SMILES string of the molecule is Cc1nc(CN2CCO[C@@H](C3CC3)C2)n(C)c1C. The summed E-state index contributed by atoms with van der Waals surface area (Å²) in [6.45, 7) is 8.18. The van der Waals surface area contributed by atoms with E-state index in [1.54, 1.807) is 0 Å². The summed E-state index contributed by atoms with van der Waals surface area (Å²) < 4.78 is 8.08. The molecule has 1 saturated heterocycles. The number of hydrogen-bond acceptors (Lipinski definition) is 3. The molecule has 2 aliphatic rings. The van der Waals surface area contributed by atoms with Crippen molar-refractivity contribution < 1.29 is 4.74 Å². The molecule has 1 saturated carbocycles. The molecule has 0 unspecified atom stereocenters. The maximum Gasteiger partial charge on any atom is 0.123 e. The van der Waals surface area contributed by atoms with E-state index in [0.717, 1.165) is 37.9 Å². The fraction of sp³-hybridized carbons (Fsp3) is 0.786. The van der Waals surface area contributed by atoms with Crippen LogP contribution in [0.3, 0.4) is 0 Å². The first kappa shape index (κ1) is 12.2. The van der Waals surface area contributed by atoms with Crippen molar-refractivity contribution >= 4 is 0 Å². The third kappa shape index (κ3) is 2.31. The molecule has 100 valence electrons. The first-order valence-corrected chi connectivity index (χ1v) is 6.98. The van der Waals surface area contributed by atoms with Gasteiger partial charge in [-0.05, 0) is 32.6 Å². The lowest BCUT2D eigenvalue weighted by molar-refractivity contribution is -0.0427. The Morgan fingerprint density at radius 1 is 1.33 bits per heavy atom. The summed E-state index contributed by atoms with van der Waals surface area (Å²) >= 11 is 0. The highest BCUT2D eigenvalue weighted by Gasteiger charge is 2.35. The molecular weight excluding hydrogens is 226 g/mol. The van der Waals surface area contributed by atoms with E-state index in [0.29, 0.717) is 6.10 Å². The highest BCUT2D eigenvalue weighted by molar-refractivity contribution is 5.13. The van der Waals surface area contributed by atoms with E-state index >= 15 is 0 Å². The van der Waals surface area contributed by atoms with Gasteiger partial charge in [-0.3, -0.25) is 4.90 Å². The molecule has 0 bridgehead atoms. The molecule has 1 aromatic rings. The number of nitrogens with zero attached hydrogens (tertiary/aromatic N) is 3. The van der Waals surface area contributed by atoms with E-state index in [-0.39, 0.29) is 0 Å². The van der Waals surface area contributed by atoms with E-state index in [2.05, 4.69) is 35.3 Å². The Bertz CT molecular complexity index is 436. The van der Waals surface area contributed by atoms with Crippen molar-refractivity contribution in [2.75, 3.05) is 19.7 Å². The highest BCUT2D eigenvalue weighted by atomic mass is 16.5. The second kappa shape index (κ2) is 4.67. The van der Waals surface area contributed by atoms with Crippen molar-refractivity contribution in [1.82, 2.24) is 14.5 Å². The van der Waals surface area contributed by atoms with Gasteiger partial charge >= 0.3 is 0 Å². The predicted molar refractivity (Wildman–Crippen MR) is 70.4 cm³/mol. The average molecular weight is 249 g/mol. The third-order valence-corrected chi connectivity index (χ3v) is 4.40. The van der Waals surface area contributed by atoms with Gasteiger partial charge in [0.2, 0.25) is 0 Å². The summed E-state index contributed by atoms with van der Waals surface area (Å²) in [5, 5.41) is 0. The fourth-order valence-electron chi connectivity index (χ4n) is 2.76. The highest BCUT2D eigenvalue weighted by Crippen LogP contribution is 2.35. The molecule has 0 radical (unpaired) electrons. The number of hydrogen-bond donors (Lipinski definition) is 0. The predicted octanol–water partition coefficient (Wildman–Crippen LogP) is 1.65. The molecule has 0 N–H and O–H groups in total. The van der Waals surface area contributed by atoms with Crippen LogP contribution in [0.15, 0.2) is 0 Å². The summed E-state index contributed by atoms with van der Waals surface area (Å²) in [6, 6.07) is 0. The van der Waals surface area contributed by atoms with Gasteiger partial charge in [0.25, 0.3) is 0 Å². The lowest BCUT2D eigenvalue weighted by Crippen LogP contribution is -2.43. The van der Waals surface area contributed by atoms with Crippen molar-refractivity contribution in [3.8, 4) is 0 Å². The van der Waals surface area contributed by atoms with Gasteiger partial charge < -0.3 is 9.30 Å². The van der Waals surface area contributed by atoms with Crippen LogP contribution in [0.1, 0.15) is 30.1 Å². The van der Waals surface area contributed by atoms with Crippen LogP contribution in [-0.4, -0.2) is 40.3 Å². The minimum Gasteiger partial charge on any atom is -0.375 e. The lowest BCUT2D eigenvalue weighted by atomic mass is 10.2. The molecular formula is C14H23N3O. The molecule has 2 heterocycles. The van der Waals surface area contributed by atoms with Gasteiger partial charge in [-0.2, -0.15) is 0 Å². The number of aromatic nitrogens is 2. The Morgan fingerprint density at radius 2 is 2.11 bits per heavy atom. The van der Waals surface area contributed by atoms with Gasteiger partial charge in [0.05, 0.1) is 24.9 Å². The van der Waals surface area contributed by atoms with Crippen molar-refractivity contribution in [2.45, 2.75) is 39.3 Å². The number of rotatable bonds is 3. The van der Waals surface area contributed by atoms with Gasteiger partial charge in [-0.15, -0.1) is 0 Å². The van der Waals surface area contributed by atoms with Crippen LogP contribution in [-0.2, 0) is 18.3 Å². The molecule has 1 atom stereocenters. The van der Waals surface area contributed by atoms with Gasteiger partial charge in [0.1, 0.15) is 5.82 Å². The zero-order chi connectivity index (χ0) is 12.7. The second-order valence-electron chi connectivity index (χ2n) is 5.74.